The topological polar surface area (TPSA) is 64.0 Å². The van der Waals surface area contributed by atoms with Gasteiger partial charge in [-0.2, -0.15) is 13.2 Å². The fourth-order valence-electron chi connectivity index (χ4n) is 4.14. The lowest BCUT2D eigenvalue weighted by Crippen LogP contribution is -2.40. The van der Waals surface area contributed by atoms with Crippen LogP contribution in [0.5, 0.6) is 0 Å². The normalized spacial score (nSPS) is 18.7. The van der Waals surface area contributed by atoms with Crippen molar-refractivity contribution in [2.24, 2.45) is 5.41 Å². The van der Waals surface area contributed by atoms with E-state index in [-0.39, 0.29) is 4.90 Å². The second-order valence-electron chi connectivity index (χ2n) is 7.96. The second kappa shape index (κ2) is 7.90. The summed E-state index contributed by atoms with van der Waals surface area (Å²) in [5.74, 6) is 0.801. The number of halogens is 3. The lowest BCUT2D eigenvalue weighted by Gasteiger charge is -2.38. The molecule has 0 aliphatic carbocycles. The fourth-order valence-corrected chi connectivity index (χ4v) is 5.04. The van der Waals surface area contributed by atoms with Crippen LogP contribution in [0.1, 0.15) is 25.0 Å². The van der Waals surface area contributed by atoms with Gasteiger partial charge in [0.25, 0.3) is 0 Å². The van der Waals surface area contributed by atoms with Crippen molar-refractivity contribution < 1.29 is 17.9 Å². The molecule has 0 unspecified atom stereocenters. The number of rotatable bonds is 3. The maximum Gasteiger partial charge on any atom is 0.434 e. The van der Waals surface area contributed by atoms with Crippen molar-refractivity contribution in [1.29, 1.82) is 0 Å². The van der Waals surface area contributed by atoms with Gasteiger partial charge in [0.15, 0.2) is 11.3 Å². The van der Waals surface area contributed by atoms with E-state index in [1.54, 1.807) is 18.3 Å². The van der Waals surface area contributed by atoms with Crippen molar-refractivity contribution in [1.82, 2.24) is 19.9 Å². The standard InChI is InChI=1S/C21H20F3N5OS/c22-21(23,24)18-15(2-1-8-25-18)31-17-4-3-14-19(28-17)26-12-16(27-14)29-9-5-20(6-10-29)7-11-30-13-20/h1-4,8,12H,5-7,9-11,13H2. The van der Waals surface area contributed by atoms with Crippen LogP contribution in [0, 0.1) is 5.41 Å². The number of piperidine rings is 1. The minimum atomic E-state index is -4.52. The molecule has 0 saturated carbocycles. The molecule has 2 saturated heterocycles. The van der Waals surface area contributed by atoms with E-state index in [4.69, 9.17) is 4.74 Å². The number of fused-ring (bicyclic) bond motifs is 1. The molecule has 6 nitrogen and oxygen atoms in total. The summed E-state index contributed by atoms with van der Waals surface area (Å²) in [4.78, 5) is 19.2. The minimum absolute atomic E-state index is 0.00423. The van der Waals surface area contributed by atoms with Gasteiger partial charge in [-0.1, -0.05) is 11.8 Å². The van der Waals surface area contributed by atoms with Crippen molar-refractivity contribution in [2.75, 3.05) is 31.2 Å². The van der Waals surface area contributed by atoms with E-state index in [1.165, 1.54) is 12.1 Å². The highest BCUT2D eigenvalue weighted by atomic mass is 32.2. The van der Waals surface area contributed by atoms with Gasteiger partial charge in [0, 0.05) is 30.8 Å². The van der Waals surface area contributed by atoms with E-state index < -0.39 is 11.9 Å². The Morgan fingerprint density at radius 3 is 2.61 bits per heavy atom. The molecule has 3 aromatic heterocycles. The zero-order valence-corrected chi connectivity index (χ0v) is 17.4. The molecule has 10 heteroatoms. The Morgan fingerprint density at radius 1 is 1.03 bits per heavy atom. The third kappa shape index (κ3) is 4.18. The van der Waals surface area contributed by atoms with E-state index in [2.05, 4.69) is 24.8 Å². The number of aromatic nitrogens is 4. The van der Waals surface area contributed by atoms with Crippen molar-refractivity contribution in [3.05, 3.63) is 42.4 Å². The average molecular weight is 447 g/mol. The predicted molar refractivity (Wildman–Crippen MR) is 110 cm³/mol. The van der Waals surface area contributed by atoms with E-state index >= 15 is 0 Å². The first-order valence-electron chi connectivity index (χ1n) is 10.1. The molecule has 2 aliphatic rings. The molecule has 0 N–H and O–H groups in total. The largest absolute Gasteiger partial charge is 0.434 e. The number of pyridine rings is 2. The molecule has 0 bridgehead atoms. The molecule has 0 aromatic carbocycles. The number of hydrogen-bond acceptors (Lipinski definition) is 7. The molecule has 1 spiro atoms. The van der Waals surface area contributed by atoms with Gasteiger partial charge in [0.1, 0.15) is 16.4 Å². The zero-order chi connectivity index (χ0) is 21.5. The average Bonchev–Trinajstić information content (AvgIpc) is 3.21. The number of anilines is 1. The second-order valence-corrected chi connectivity index (χ2v) is 9.02. The summed E-state index contributed by atoms with van der Waals surface area (Å²) < 4.78 is 45.2. The summed E-state index contributed by atoms with van der Waals surface area (Å²) in [5.41, 5.74) is 0.423. The van der Waals surface area contributed by atoms with Gasteiger partial charge in [0.2, 0.25) is 0 Å². The van der Waals surface area contributed by atoms with Crippen molar-refractivity contribution in [2.45, 2.75) is 35.4 Å². The van der Waals surface area contributed by atoms with Crippen molar-refractivity contribution >= 4 is 28.7 Å². The number of ether oxygens (including phenoxy) is 1. The smallest absolute Gasteiger partial charge is 0.381 e. The Balaban J connectivity index is 1.34. The quantitative estimate of drug-likeness (QED) is 0.582. The number of hydrogen-bond donors (Lipinski definition) is 0. The Hall–Kier alpha value is -2.46. The Morgan fingerprint density at radius 2 is 1.87 bits per heavy atom. The summed E-state index contributed by atoms with van der Waals surface area (Å²) >= 11 is 0.915. The van der Waals surface area contributed by atoms with Crippen LogP contribution in [0.3, 0.4) is 0 Å². The van der Waals surface area contributed by atoms with Crippen LogP contribution in [0.25, 0.3) is 11.2 Å². The molecule has 5 rings (SSSR count). The molecule has 2 aliphatic heterocycles. The van der Waals surface area contributed by atoms with Crippen LogP contribution in [0.15, 0.2) is 46.6 Å². The highest BCUT2D eigenvalue weighted by Gasteiger charge is 2.38. The molecular weight excluding hydrogens is 427 g/mol. The van der Waals surface area contributed by atoms with Gasteiger partial charge in [-0.05, 0) is 48.9 Å². The minimum Gasteiger partial charge on any atom is -0.381 e. The molecule has 0 amide bonds. The van der Waals surface area contributed by atoms with E-state index in [0.717, 1.165) is 69.3 Å². The molecule has 0 atom stereocenters. The molecular formula is C21H20F3N5OS. The van der Waals surface area contributed by atoms with Crippen LogP contribution >= 0.6 is 11.8 Å². The monoisotopic (exact) mass is 447 g/mol. The van der Waals surface area contributed by atoms with E-state index in [0.29, 0.717) is 21.6 Å². The first kappa shape index (κ1) is 20.4. The van der Waals surface area contributed by atoms with Gasteiger partial charge in [-0.15, -0.1) is 0 Å². The lowest BCUT2D eigenvalue weighted by atomic mass is 9.78. The van der Waals surface area contributed by atoms with Gasteiger partial charge < -0.3 is 9.64 Å². The third-order valence-corrected chi connectivity index (χ3v) is 6.94. The van der Waals surface area contributed by atoms with Gasteiger partial charge in [-0.3, -0.25) is 4.98 Å². The molecule has 162 valence electrons. The first-order valence-corrected chi connectivity index (χ1v) is 10.9. The SMILES string of the molecule is FC(F)(F)c1ncccc1Sc1ccc2nc(N3CCC4(CCOC4)CC3)cnc2n1. The number of nitrogens with zero attached hydrogens (tertiary/aromatic N) is 5. The molecule has 5 heterocycles. The van der Waals surface area contributed by atoms with Crippen LogP contribution in [-0.4, -0.2) is 46.2 Å². The maximum absolute atomic E-state index is 13.2. The predicted octanol–water partition coefficient (Wildman–Crippen LogP) is 4.60. The summed E-state index contributed by atoms with van der Waals surface area (Å²) in [6.45, 7) is 3.52. The van der Waals surface area contributed by atoms with Crippen molar-refractivity contribution in [3.63, 3.8) is 0 Å². The Bertz CT molecular complexity index is 1090. The Labute approximate surface area is 181 Å². The fraction of sp³-hybridized carbons (Fsp3) is 0.429. The van der Waals surface area contributed by atoms with Gasteiger partial charge >= 0.3 is 6.18 Å². The third-order valence-electron chi connectivity index (χ3n) is 5.95. The van der Waals surface area contributed by atoms with Crippen LogP contribution in [0.4, 0.5) is 19.0 Å². The highest BCUT2D eigenvalue weighted by Crippen LogP contribution is 2.40. The van der Waals surface area contributed by atoms with E-state index in [9.17, 15) is 13.2 Å². The van der Waals surface area contributed by atoms with Crippen LogP contribution < -0.4 is 4.90 Å². The summed E-state index contributed by atoms with van der Waals surface area (Å²) in [6.07, 6.45) is 1.59. The van der Waals surface area contributed by atoms with Crippen molar-refractivity contribution in [3.8, 4) is 0 Å². The summed E-state index contributed by atoms with van der Waals surface area (Å²) in [7, 11) is 0. The van der Waals surface area contributed by atoms with Gasteiger partial charge in [0.05, 0.1) is 12.8 Å². The first-order chi connectivity index (χ1) is 14.9. The molecule has 31 heavy (non-hydrogen) atoms. The molecule has 2 fully saturated rings. The summed E-state index contributed by atoms with van der Waals surface area (Å²) in [6, 6.07) is 6.28. The maximum atomic E-state index is 13.2. The number of alkyl halides is 3. The van der Waals surface area contributed by atoms with Crippen LogP contribution in [-0.2, 0) is 10.9 Å². The molecule has 3 aromatic rings. The zero-order valence-electron chi connectivity index (χ0n) is 16.6. The van der Waals surface area contributed by atoms with Crippen LogP contribution in [0.2, 0.25) is 0 Å². The lowest BCUT2D eigenvalue weighted by molar-refractivity contribution is -0.143. The van der Waals surface area contributed by atoms with E-state index in [1.807, 2.05) is 0 Å². The highest BCUT2D eigenvalue weighted by molar-refractivity contribution is 7.99. The van der Waals surface area contributed by atoms with Gasteiger partial charge in [-0.25, -0.2) is 15.0 Å². The molecule has 0 radical (unpaired) electrons. The summed E-state index contributed by atoms with van der Waals surface area (Å²) in [5, 5.41) is 0.411. The Kier molecular flexibility index (Phi) is 5.21.